The lowest BCUT2D eigenvalue weighted by Gasteiger charge is -2.28. The highest BCUT2D eigenvalue weighted by Crippen LogP contribution is 2.44. The Morgan fingerprint density at radius 1 is 0.847 bits per heavy atom. The van der Waals surface area contributed by atoms with E-state index in [-0.39, 0.29) is 53.7 Å². The van der Waals surface area contributed by atoms with Crippen molar-refractivity contribution in [1.82, 2.24) is 10.2 Å². The summed E-state index contributed by atoms with van der Waals surface area (Å²) in [5.74, 6) is 2.78. The molecule has 59 heavy (non-hydrogen) atoms. The fourth-order valence-electron chi connectivity index (χ4n) is 4.66. The smallest absolute Gasteiger partial charge is 0.264 e. The highest BCUT2D eigenvalue weighted by molar-refractivity contribution is 7.86. The van der Waals surface area contributed by atoms with Crippen molar-refractivity contribution in [3.05, 3.63) is 68.1 Å². The standard InChI is InChI=1S/C25H28Cl4O5.C7H13NO.C6H13N.C5H12O3S/c1-5-7-32-12-18(31)14-34-24-21(28)10-16(11-22(24)29)25(3,4)15-8-19(26)23(20(27)9-15)33-13-17(30)6-2;1-5-6(9)8-7(2,3)4;1-6(2,3)7-4-5-7;1-5(2,3)8-9(4,6)7/h1,8-11,17-18,30-31H,6-7,12-14H2,2-4H3;5H,1H2,2-4H3,(H,8,9);4-5H2,1-3H3;1-4H3. The van der Waals surface area contributed by atoms with Gasteiger partial charge in [0.1, 0.15) is 25.9 Å². The van der Waals surface area contributed by atoms with Crippen molar-refractivity contribution in [3.8, 4) is 23.8 Å². The van der Waals surface area contributed by atoms with Crippen LogP contribution in [0.3, 0.4) is 0 Å². The third-order valence-corrected chi connectivity index (χ3v) is 9.65. The number of amides is 1. The minimum absolute atomic E-state index is 0.0309. The number of nitrogens with zero attached hydrogens (tertiary/aromatic N) is 1. The Hall–Kier alpha value is -2.28. The molecule has 0 bridgehead atoms. The summed E-state index contributed by atoms with van der Waals surface area (Å²) in [6.45, 7) is 29.5. The van der Waals surface area contributed by atoms with Crippen LogP contribution in [0, 0.1) is 12.3 Å². The third-order valence-electron chi connectivity index (χ3n) is 7.73. The molecule has 2 aromatic rings. The van der Waals surface area contributed by atoms with Gasteiger partial charge in [-0.3, -0.25) is 13.9 Å². The van der Waals surface area contributed by atoms with Crippen LogP contribution in [0.25, 0.3) is 0 Å². The van der Waals surface area contributed by atoms with E-state index in [2.05, 4.69) is 47.7 Å². The number of aliphatic hydroxyl groups excluding tert-OH is 2. The topological polar surface area (TPSA) is 144 Å². The second kappa shape index (κ2) is 25.0. The van der Waals surface area contributed by atoms with Crippen LogP contribution >= 0.6 is 46.4 Å². The molecule has 0 aromatic heterocycles. The van der Waals surface area contributed by atoms with Gasteiger partial charge in [0.05, 0.1) is 44.7 Å². The van der Waals surface area contributed by atoms with Crippen LogP contribution in [0.4, 0.5) is 0 Å². The number of hydrogen-bond donors (Lipinski definition) is 3. The molecule has 1 heterocycles. The molecule has 16 heteroatoms. The minimum Gasteiger partial charge on any atom is -0.488 e. The molecule has 3 rings (SSSR count). The highest BCUT2D eigenvalue weighted by Gasteiger charge is 2.30. The average Bonchev–Trinajstić information content (AvgIpc) is 3.92. The monoisotopic (exact) mass is 926 g/mol. The van der Waals surface area contributed by atoms with Gasteiger partial charge < -0.3 is 29.7 Å². The number of ether oxygens (including phenoxy) is 3. The van der Waals surface area contributed by atoms with Crippen LogP contribution in [0.15, 0.2) is 36.9 Å². The first-order valence-corrected chi connectivity index (χ1v) is 22.3. The van der Waals surface area contributed by atoms with Crippen molar-refractivity contribution < 1.29 is 41.8 Å². The predicted octanol–water partition coefficient (Wildman–Crippen LogP) is 9.11. The molecule has 336 valence electrons. The number of terminal acetylenes is 1. The molecule has 1 aliphatic rings. The normalized spacial score (nSPS) is 14.1. The molecular weight excluding hydrogens is 862 g/mol. The number of carbonyl (C=O) groups excluding carboxylic acids is 1. The van der Waals surface area contributed by atoms with Crippen molar-refractivity contribution in [3.63, 3.8) is 0 Å². The fraction of sp³-hybridized carbons (Fsp3) is 0.605. The maximum Gasteiger partial charge on any atom is 0.264 e. The molecule has 1 fully saturated rings. The van der Waals surface area contributed by atoms with E-state index < -0.39 is 33.3 Å². The first kappa shape index (κ1) is 56.7. The molecule has 0 aliphatic carbocycles. The maximum atomic E-state index is 10.6. The zero-order chi connectivity index (χ0) is 46.2. The van der Waals surface area contributed by atoms with E-state index >= 15 is 0 Å². The van der Waals surface area contributed by atoms with Crippen molar-refractivity contribution >= 4 is 62.4 Å². The molecule has 2 unspecified atom stereocenters. The van der Waals surface area contributed by atoms with Crippen molar-refractivity contribution in [2.24, 2.45) is 0 Å². The van der Waals surface area contributed by atoms with Gasteiger partial charge in [-0.05, 0) is 110 Å². The van der Waals surface area contributed by atoms with Gasteiger partial charge in [-0.2, -0.15) is 8.42 Å². The van der Waals surface area contributed by atoms with Crippen LogP contribution in [0.2, 0.25) is 20.1 Å². The van der Waals surface area contributed by atoms with Gasteiger partial charge in [-0.25, -0.2) is 0 Å². The Labute approximate surface area is 374 Å². The van der Waals surface area contributed by atoms with Gasteiger partial charge in [0, 0.05) is 29.6 Å². The van der Waals surface area contributed by atoms with Crippen molar-refractivity contribution in [2.45, 2.75) is 124 Å². The van der Waals surface area contributed by atoms with Crippen LogP contribution in [0.5, 0.6) is 11.5 Å². The second-order valence-corrected chi connectivity index (χ2v) is 20.4. The number of aliphatic hydroxyl groups is 2. The van der Waals surface area contributed by atoms with Crippen molar-refractivity contribution in [2.75, 3.05) is 45.8 Å². The van der Waals surface area contributed by atoms with E-state index in [1.807, 2.05) is 41.5 Å². The molecule has 11 nitrogen and oxygen atoms in total. The molecular formula is C43H66Cl4N2O9S. The number of hydrogen-bond acceptors (Lipinski definition) is 10. The number of benzene rings is 2. The summed E-state index contributed by atoms with van der Waals surface area (Å²) in [5.41, 5.74) is 0.727. The molecule has 2 aromatic carbocycles. The van der Waals surface area contributed by atoms with E-state index in [0.29, 0.717) is 27.8 Å². The Morgan fingerprint density at radius 2 is 1.25 bits per heavy atom. The van der Waals surface area contributed by atoms with Crippen LogP contribution in [-0.2, 0) is 29.2 Å². The van der Waals surface area contributed by atoms with Gasteiger partial charge in [0.2, 0.25) is 5.91 Å². The number of rotatable bonds is 14. The maximum absolute atomic E-state index is 10.6. The van der Waals surface area contributed by atoms with Gasteiger partial charge >= 0.3 is 0 Å². The minimum atomic E-state index is -3.28. The lowest BCUT2D eigenvalue weighted by molar-refractivity contribution is -0.117. The summed E-state index contributed by atoms with van der Waals surface area (Å²) in [6, 6.07) is 7.02. The third kappa shape index (κ3) is 24.7. The van der Waals surface area contributed by atoms with E-state index in [9.17, 15) is 23.4 Å². The first-order chi connectivity index (χ1) is 26.8. The molecule has 1 aliphatic heterocycles. The molecule has 0 radical (unpaired) electrons. The van der Waals surface area contributed by atoms with Gasteiger partial charge in [0.25, 0.3) is 10.1 Å². The van der Waals surface area contributed by atoms with Crippen LogP contribution in [0.1, 0.15) is 101 Å². The molecule has 1 saturated heterocycles. The van der Waals surface area contributed by atoms with Gasteiger partial charge in [-0.1, -0.05) is 79.7 Å². The zero-order valence-electron chi connectivity index (χ0n) is 36.9. The second-order valence-electron chi connectivity index (χ2n) is 17.2. The fourth-order valence-corrected chi connectivity index (χ4v) is 6.76. The highest BCUT2D eigenvalue weighted by atomic mass is 35.5. The Balaban J connectivity index is 0.00000108. The Bertz CT molecular complexity index is 1750. The zero-order valence-corrected chi connectivity index (χ0v) is 40.7. The number of nitrogens with one attached hydrogen (secondary N) is 1. The van der Waals surface area contributed by atoms with Crippen LogP contribution < -0.4 is 14.8 Å². The van der Waals surface area contributed by atoms with E-state index in [1.165, 1.54) is 19.2 Å². The van der Waals surface area contributed by atoms with Crippen molar-refractivity contribution in [1.29, 1.82) is 0 Å². The van der Waals surface area contributed by atoms with Gasteiger partial charge in [-0.15, -0.1) is 6.42 Å². The average molecular weight is 929 g/mol. The summed E-state index contributed by atoms with van der Waals surface area (Å²) in [5, 5.41) is 23.7. The lowest BCUT2D eigenvalue weighted by atomic mass is 9.78. The summed E-state index contributed by atoms with van der Waals surface area (Å²) < 4.78 is 41.8. The largest absolute Gasteiger partial charge is 0.488 e. The Morgan fingerprint density at radius 3 is 1.49 bits per heavy atom. The predicted molar refractivity (Wildman–Crippen MR) is 243 cm³/mol. The van der Waals surface area contributed by atoms with E-state index in [1.54, 1.807) is 45.0 Å². The molecule has 0 spiro atoms. The molecule has 1 amide bonds. The van der Waals surface area contributed by atoms with E-state index in [0.717, 1.165) is 17.4 Å². The number of halogens is 4. The summed E-state index contributed by atoms with van der Waals surface area (Å²) in [6.07, 6.45) is 6.48. The van der Waals surface area contributed by atoms with Crippen LogP contribution in [-0.4, -0.2) is 104 Å². The number of carbonyl (C=O) groups is 1. The van der Waals surface area contributed by atoms with E-state index in [4.69, 9.17) is 67.0 Å². The quantitative estimate of drug-likeness (QED) is 0.0552. The molecule has 2 atom stereocenters. The summed E-state index contributed by atoms with van der Waals surface area (Å²) >= 11 is 25.8. The molecule has 0 saturated carbocycles. The first-order valence-electron chi connectivity index (χ1n) is 19.0. The summed E-state index contributed by atoms with van der Waals surface area (Å²) in [4.78, 5) is 13.0. The van der Waals surface area contributed by atoms with Gasteiger partial charge in [0.15, 0.2) is 11.5 Å². The lowest BCUT2D eigenvalue weighted by Crippen LogP contribution is -2.39. The summed E-state index contributed by atoms with van der Waals surface area (Å²) in [7, 11) is -3.28. The molecule has 3 N–H and O–H groups in total. The SMILES string of the molecule is C#CCOCC(O)COc1c(Cl)cc(C(C)(C)c2cc(Cl)c(OCC(O)CC)c(Cl)c2)cc1Cl.C=CC(=O)NC(C)(C)C.CC(C)(C)N1CC1.CC(C)(C)OS(C)(=O)=O. The Kier molecular flexibility index (Phi) is 24.0.